The number of aromatic hydroxyl groups is 1. The SMILES string of the molecule is CSCC[C@H](CC(=O)[C@H](CO)NC(=O)[C@H](CCCN=C(N)N)CC(=O)[C@H](CC(C)C)NC(C)=O)C(=O)N[C@H](C(=O)C[C@@H](CC(=O)O)C(=O)N[C@@H](CCCCN)C(=O)C[C@@H](Cc1ccc(O)cc1)C(=O)N[C@@H](CCCN=C(N)N)C(=O)C[C@@H](CC(C)C)C(N)=O)[C@@H](C)O. The number of hydrogen-bond acceptors (Lipinski definition) is 19. The Labute approximate surface area is 543 Å². The zero-order chi connectivity index (χ0) is 69.8. The number of hydrogen-bond donors (Lipinski definition) is 15. The monoisotopic (exact) mass is 1320 g/mol. The zero-order valence-corrected chi connectivity index (χ0v) is 55.1. The molecule has 30 heteroatoms. The highest BCUT2D eigenvalue weighted by Crippen LogP contribution is 2.24. The number of aliphatic imine (C=N–C) groups is 2. The molecule has 6 amide bonds. The average Bonchev–Trinajstić information content (AvgIpc) is 1.09. The molecule has 21 N–H and O–H groups in total. The summed E-state index contributed by atoms with van der Waals surface area (Å²) in [7, 11) is 0. The smallest absolute Gasteiger partial charge is 0.304 e. The minimum Gasteiger partial charge on any atom is -0.508 e. The topological polar surface area (TPSA) is 527 Å². The van der Waals surface area contributed by atoms with Gasteiger partial charge in [0.2, 0.25) is 35.4 Å². The molecule has 0 aliphatic carbocycles. The number of thioether (sulfide) groups is 1. The maximum Gasteiger partial charge on any atom is 0.304 e. The van der Waals surface area contributed by atoms with Crippen LogP contribution in [0, 0.1) is 41.4 Å². The molecule has 11 atom stereocenters. The summed E-state index contributed by atoms with van der Waals surface area (Å²) in [6, 6.07) is -1.14. The summed E-state index contributed by atoms with van der Waals surface area (Å²) < 4.78 is 0. The van der Waals surface area contributed by atoms with E-state index in [9.17, 15) is 78.0 Å². The number of rotatable bonds is 50. The van der Waals surface area contributed by atoms with Gasteiger partial charge in [0.1, 0.15) is 17.8 Å². The van der Waals surface area contributed by atoms with Gasteiger partial charge in [-0.15, -0.1) is 0 Å². The highest BCUT2D eigenvalue weighted by Gasteiger charge is 2.38. The standard InChI is InChI=1S/C62H103N13O16S/c1-34(2)24-41(56(64)87)29-49(80)46(14-11-22-70-62(67)68)73-59(90)42(26-38-15-17-44(79)18-16-38)30-50(81)45(13-8-9-20-63)72-60(91)43(32-54(85)86)31-53(84)55(36(5)77)75-58(89)40(19-23-92-7)28-52(83)48(33-76)74-57(88)39(12-10-21-69-61(65)66)27-51(82)47(25-35(3)4)71-37(6)78/h15-18,34-36,39-43,45-48,55,76-77,79H,8-14,19-33,63H2,1-7H3,(H2,64,87)(H,71,78)(H,72,91)(H,73,90)(H,74,88)(H,75,89)(H,85,86)(H4,65,66,69)(H4,67,68,70)/t36-,39-,40-,41-,42-,43+,45+,46+,47+,48+,55+/m1/s1. The lowest BCUT2D eigenvalue weighted by Gasteiger charge is -2.27. The maximum absolute atomic E-state index is 14.6. The van der Waals surface area contributed by atoms with E-state index >= 15 is 0 Å². The molecule has 0 bridgehead atoms. The van der Waals surface area contributed by atoms with Crippen LogP contribution >= 0.6 is 11.8 Å². The number of carbonyl (C=O) groups excluding carboxylic acids is 11. The molecule has 518 valence electrons. The van der Waals surface area contributed by atoms with Gasteiger partial charge in [0.15, 0.2) is 40.8 Å². The van der Waals surface area contributed by atoms with E-state index in [2.05, 4.69) is 36.6 Å². The predicted octanol–water partition coefficient (Wildman–Crippen LogP) is -0.330. The normalized spacial score (nSPS) is 14.9. The van der Waals surface area contributed by atoms with Crippen molar-refractivity contribution in [3.8, 4) is 5.75 Å². The Balaban J connectivity index is 3.63. The van der Waals surface area contributed by atoms with E-state index < -0.39 is 169 Å². The van der Waals surface area contributed by atoms with Gasteiger partial charge >= 0.3 is 5.97 Å². The number of aliphatic hydroxyl groups is 2. The number of benzene rings is 1. The summed E-state index contributed by atoms with van der Waals surface area (Å²) in [5, 5.41) is 54.4. The number of ketones is 5. The third-order valence-corrected chi connectivity index (χ3v) is 15.8. The largest absolute Gasteiger partial charge is 0.508 e. The average molecular weight is 1320 g/mol. The number of phenolic OH excluding ortho intramolecular Hbond substituents is 1. The van der Waals surface area contributed by atoms with E-state index in [1.165, 1.54) is 43.0 Å². The lowest BCUT2D eigenvalue weighted by atomic mass is 9.87. The van der Waals surface area contributed by atoms with E-state index in [4.69, 9.17) is 34.4 Å². The van der Waals surface area contributed by atoms with E-state index in [0.29, 0.717) is 12.0 Å². The van der Waals surface area contributed by atoms with Crippen molar-refractivity contribution in [2.45, 2.75) is 187 Å². The Morgan fingerprint density at radius 1 is 0.522 bits per heavy atom. The van der Waals surface area contributed by atoms with Gasteiger partial charge in [-0.1, -0.05) is 39.8 Å². The molecular weight excluding hydrogens is 1210 g/mol. The Morgan fingerprint density at radius 2 is 0.967 bits per heavy atom. The highest BCUT2D eigenvalue weighted by atomic mass is 32.2. The van der Waals surface area contributed by atoms with Gasteiger partial charge in [0, 0.05) is 75.8 Å². The molecule has 1 aromatic carbocycles. The lowest BCUT2D eigenvalue weighted by molar-refractivity contribution is -0.143. The number of nitrogens with zero attached hydrogens (tertiary/aromatic N) is 2. The fourth-order valence-corrected chi connectivity index (χ4v) is 10.8. The van der Waals surface area contributed by atoms with Crippen molar-refractivity contribution in [1.82, 2.24) is 26.6 Å². The van der Waals surface area contributed by atoms with Crippen LogP contribution < -0.4 is 61.0 Å². The van der Waals surface area contributed by atoms with Gasteiger partial charge in [-0.05, 0) is 126 Å². The van der Waals surface area contributed by atoms with Crippen molar-refractivity contribution in [2.24, 2.45) is 85.8 Å². The molecule has 0 aliphatic rings. The van der Waals surface area contributed by atoms with Crippen LogP contribution in [0.2, 0.25) is 0 Å². The number of guanidine groups is 2. The Bertz CT molecular complexity index is 2650. The maximum atomic E-state index is 14.6. The number of carboxylic acids is 1. The van der Waals surface area contributed by atoms with Crippen LogP contribution in [-0.2, 0) is 64.0 Å². The number of aliphatic carboxylic acids is 1. The molecule has 92 heavy (non-hydrogen) atoms. The molecule has 0 unspecified atom stereocenters. The number of amides is 6. The van der Waals surface area contributed by atoms with Crippen molar-refractivity contribution in [3.63, 3.8) is 0 Å². The number of primary amides is 1. The predicted molar refractivity (Wildman–Crippen MR) is 348 cm³/mol. The van der Waals surface area contributed by atoms with Crippen LogP contribution in [0.15, 0.2) is 34.3 Å². The Morgan fingerprint density at radius 3 is 1.45 bits per heavy atom. The molecule has 0 fully saturated rings. The van der Waals surface area contributed by atoms with Gasteiger partial charge in [-0.2, -0.15) is 11.8 Å². The molecule has 0 saturated carbocycles. The summed E-state index contributed by atoms with van der Waals surface area (Å²) in [6.07, 6.45) is -2.19. The molecule has 29 nitrogen and oxygen atoms in total. The molecular formula is C62H103N13O16S. The fourth-order valence-electron chi connectivity index (χ4n) is 10.3. The molecule has 0 aromatic heterocycles. The van der Waals surface area contributed by atoms with Crippen LogP contribution in [0.4, 0.5) is 0 Å². The van der Waals surface area contributed by atoms with Crippen LogP contribution in [-0.4, -0.2) is 177 Å². The molecule has 0 aliphatic heterocycles. The van der Waals surface area contributed by atoms with Crippen LogP contribution in [0.3, 0.4) is 0 Å². The summed E-state index contributed by atoms with van der Waals surface area (Å²) in [6.45, 7) is 9.23. The van der Waals surface area contributed by atoms with Gasteiger partial charge in [-0.3, -0.25) is 67.5 Å². The molecule has 1 rings (SSSR count). The summed E-state index contributed by atoms with van der Waals surface area (Å²) in [4.78, 5) is 172. The minimum atomic E-state index is -1.79. The Hall–Kier alpha value is -7.57. The van der Waals surface area contributed by atoms with Gasteiger partial charge in [-0.25, -0.2) is 0 Å². The van der Waals surface area contributed by atoms with Crippen molar-refractivity contribution in [1.29, 1.82) is 0 Å². The number of phenols is 1. The number of carbonyl (C=O) groups is 12. The van der Waals surface area contributed by atoms with E-state index in [1.807, 2.05) is 27.7 Å². The first-order valence-electron chi connectivity index (χ1n) is 31.2. The summed E-state index contributed by atoms with van der Waals surface area (Å²) >= 11 is 1.30. The number of Topliss-reactive ketones (excluding diaryl/α,β-unsaturated/α-hetero) is 5. The number of unbranched alkanes of at least 4 members (excludes halogenated alkanes) is 1. The Kier molecular flexibility index (Phi) is 39.5. The second-order valence-corrected chi connectivity index (χ2v) is 25.3. The molecule has 0 spiro atoms. The van der Waals surface area contributed by atoms with Crippen molar-refractivity contribution < 1.29 is 78.0 Å². The number of nitrogens with two attached hydrogens (primary N) is 6. The first-order chi connectivity index (χ1) is 43.2. The second-order valence-electron chi connectivity index (χ2n) is 24.3. The molecule has 1 aromatic rings. The zero-order valence-electron chi connectivity index (χ0n) is 54.3. The number of carboxylic acid groups (broad SMARTS) is 1. The quantitative estimate of drug-likeness (QED) is 0.0226. The minimum absolute atomic E-state index is 0.00413. The highest BCUT2D eigenvalue weighted by molar-refractivity contribution is 7.98. The van der Waals surface area contributed by atoms with E-state index in [0.717, 1.165) is 6.92 Å². The van der Waals surface area contributed by atoms with Gasteiger partial charge in [0.05, 0.1) is 43.2 Å². The third-order valence-electron chi connectivity index (χ3n) is 15.2. The summed E-state index contributed by atoms with van der Waals surface area (Å²) in [5.74, 6) is -16.2. The second kappa shape index (κ2) is 44.1. The first kappa shape index (κ1) is 82.4. The van der Waals surface area contributed by atoms with Crippen molar-refractivity contribution in [3.05, 3.63) is 29.8 Å². The van der Waals surface area contributed by atoms with E-state index in [-0.39, 0.29) is 132 Å². The van der Waals surface area contributed by atoms with Crippen molar-refractivity contribution >= 4 is 94.0 Å². The lowest BCUT2D eigenvalue weighted by Crippen LogP contribution is -2.52. The van der Waals surface area contributed by atoms with Crippen molar-refractivity contribution in [2.75, 3.05) is 38.2 Å². The number of aliphatic hydroxyl groups excluding tert-OH is 2. The van der Waals surface area contributed by atoms with Gasteiger partial charge < -0.3 is 81.4 Å². The molecule has 0 saturated heterocycles. The van der Waals surface area contributed by atoms with Gasteiger partial charge in [0.25, 0.3) is 0 Å². The van der Waals surface area contributed by atoms with Crippen LogP contribution in [0.5, 0.6) is 5.75 Å². The molecule has 0 heterocycles. The third kappa shape index (κ3) is 33.7. The van der Waals surface area contributed by atoms with Crippen LogP contribution in [0.1, 0.15) is 150 Å². The van der Waals surface area contributed by atoms with Crippen LogP contribution in [0.25, 0.3) is 0 Å². The van der Waals surface area contributed by atoms with E-state index in [1.54, 1.807) is 6.26 Å². The number of nitrogens with one attached hydrogen (secondary N) is 5. The summed E-state index contributed by atoms with van der Waals surface area (Å²) in [5.41, 5.74) is 33.9. The fraction of sp³-hybridized carbons (Fsp3) is 0.677. The molecule has 0 radical (unpaired) electrons. The first-order valence-corrected chi connectivity index (χ1v) is 32.6.